The molecule has 2 atom stereocenters. The van der Waals surface area contributed by atoms with Crippen molar-refractivity contribution in [3.8, 4) is 0 Å². The molecule has 0 aliphatic carbocycles. The minimum absolute atomic E-state index is 0.166. The Hall–Kier alpha value is -1.55. The Morgan fingerprint density at radius 3 is 2.50 bits per heavy atom. The summed E-state index contributed by atoms with van der Waals surface area (Å²) in [5, 5.41) is 0. The molecule has 1 aliphatic heterocycles. The highest BCUT2D eigenvalue weighted by atomic mass is 16.5. The van der Waals surface area contributed by atoms with Crippen LogP contribution in [0, 0.1) is 0 Å². The van der Waals surface area contributed by atoms with Gasteiger partial charge in [-0.15, -0.1) is 0 Å². The Morgan fingerprint density at radius 2 is 1.89 bits per heavy atom. The van der Waals surface area contributed by atoms with E-state index in [4.69, 9.17) is 9.47 Å². The monoisotopic (exact) mass is 249 g/mol. The molecule has 1 aliphatic rings. The Morgan fingerprint density at radius 1 is 1.28 bits per heavy atom. The maximum absolute atomic E-state index is 11.8. The number of nitrogens with zero attached hydrogens (tertiary/aromatic N) is 1. The van der Waals surface area contributed by atoms with Crippen LogP contribution in [-0.4, -0.2) is 38.4 Å². The molecule has 1 aromatic carbocycles. The number of morpholine rings is 1. The van der Waals surface area contributed by atoms with Gasteiger partial charge in [0.05, 0.1) is 30.6 Å². The first kappa shape index (κ1) is 12.9. The highest BCUT2D eigenvalue weighted by Gasteiger charge is 2.25. The number of carbonyl (C=O) groups excluding carboxylic acids is 1. The molecule has 0 bridgehead atoms. The maximum Gasteiger partial charge on any atom is 0.339 e. The van der Waals surface area contributed by atoms with Gasteiger partial charge in [0.15, 0.2) is 0 Å². The quantitative estimate of drug-likeness (QED) is 0.752. The average molecular weight is 249 g/mol. The lowest BCUT2D eigenvalue weighted by Crippen LogP contribution is -2.46. The van der Waals surface area contributed by atoms with Crippen LogP contribution >= 0.6 is 0 Å². The van der Waals surface area contributed by atoms with Crippen LogP contribution in [-0.2, 0) is 9.47 Å². The molecular formula is C14H19NO3. The number of methoxy groups -OCH3 is 1. The lowest BCUT2D eigenvalue weighted by atomic mass is 10.1. The van der Waals surface area contributed by atoms with Crippen LogP contribution < -0.4 is 4.90 Å². The molecule has 2 rings (SSSR count). The van der Waals surface area contributed by atoms with Gasteiger partial charge in [-0.25, -0.2) is 4.79 Å². The van der Waals surface area contributed by atoms with Gasteiger partial charge in [-0.2, -0.15) is 0 Å². The van der Waals surface area contributed by atoms with E-state index in [1.165, 1.54) is 7.11 Å². The zero-order chi connectivity index (χ0) is 13.1. The van der Waals surface area contributed by atoms with Crippen molar-refractivity contribution in [2.75, 3.05) is 25.1 Å². The van der Waals surface area contributed by atoms with E-state index < -0.39 is 0 Å². The van der Waals surface area contributed by atoms with Crippen molar-refractivity contribution in [3.05, 3.63) is 29.8 Å². The van der Waals surface area contributed by atoms with Crippen LogP contribution in [0.1, 0.15) is 24.2 Å². The third-order valence-corrected chi connectivity index (χ3v) is 3.07. The maximum atomic E-state index is 11.8. The first-order valence-electron chi connectivity index (χ1n) is 6.19. The Kier molecular flexibility index (Phi) is 3.87. The number of anilines is 1. The summed E-state index contributed by atoms with van der Waals surface area (Å²) in [4.78, 5) is 13.9. The third kappa shape index (κ3) is 2.64. The first-order valence-corrected chi connectivity index (χ1v) is 6.19. The number of carbonyl (C=O) groups is 1. The number of hydrogen-bond acceptors (Lipinski definition) is 4. The number of benzene rings is 1. The van der Waals surface area contributed by atoms with Crippen molar-refractivity contribution in [2.24, 2.45) is 0 Å². The highest BCUT2D eigenvalue weighted by molar-refractivity contribution is 5.95. The molecule has 0 spiro atoms. The number of hydrogen-bond donors (Lipinski definition) is 0. The Labute approximate surface area is 107 Å². The molecule has 1 fully saturated rings. The summed E-state index contributed by atoms with van der Waals surface area (Å²) in [6.45, 7) is 5.67. The van der Waals surface area contributed by atoms with E-state index in [0.717, 1.165) is 18.8 Å². The van der Waals surface area contributed by atoms with Gasteiger partial charge in [0.1, 0.15) is 0 Å². The molecule has 4 nitrogen and oxygen atoms in total. The van der Waals surface area contributed by atoms with Crippen LogP contribution in [0.4, 0.5) is 5.69 Å². The van der Waals surface area contributed by atoms with Crippen molar-refractivity contribution in [2.45, 2.75) is 26.1 Å². The fourth-order valence-electron chi connectivity index (χ4n) is 2.41. The predicted molar refractivity (Wildman–Crippen MR) is 70.0 cm³/mol. The Balaban J connectivity index is 2.29. The average Bonchev–Trinajstić information content (AvgIpc) is 2.36. The van der Waals surface area contributed by atoms with Crippen molar-refractivity contribution < 1.29 is 14.3 Å². The largest absolute Gasteiger partial charge is 0.465 e. The first-order chi connectivity index (χ1) is 8.61. The summed E-state index contributed by atoms with van der Waals surface area (Å²) in [5.41, 5.74) is 1.53. The zero-order valence-electron chi connectivity index (χ0n) is 11.1. The smallest absolute Gasteiger partial charge is 0.339 e. The fraction of sp³-hybridized carbons (Fsp3) is 0.500. The summed E-state index contributed by atoms with van der Waals surface area (Å²) < 4.78 is 10.5. The Bertz CT molecular complexity index is 423. The number of para-hydroxylation sites is 1. The van der Waals surface area contributed by atoms with Crippen molar-refractivity contribution in [1.82, 2.24) is 0 Å². The van der Waals surface area contributed by atoms with Gasteiger partial charge >= 0.3 is 5.97 Å². The molecule has 0 saturated carbocycles. The van der Waals surface area contributed by atoms with Crippen molar-refractivity contribution in [1.29, 1.82) is 0 Å². The minimum Gasteiger partial charge on any atom is -0.465 e. The summed E-state index contributed by atoms with van der Waals surface area (Å²) in [5.74, 6) is -0.294. The van der Waals surface area contributed by atoms with Gasteiger partial charge in [-0.05, 0) is 26.0 Å². The highest BCUT2D eigenvalue weighted by Crippen LogP contribution is 2.24. The SMILES string of the molecule is COC(=O)c1ccccc1N1C[C@@H](C)O[C@@H](C)C1. The van der Waals surface area contributed by atoms with E-state index in [1.807, 2.05) is 32.0 Å². The molecule has 0 radical (unpaired) electrons. The summed E-state index contributed by atoms with van der Waals surface area (Å²) in [6.07, 6.45) is 0.332. The second-order valence-corrected chi connectivity index (χ2v) is 4.67. The summed E-state index contributed by atoms with van der Waals surface area (Å²) >= 11 is 0. The van der Waals surface area contributed by atoms with E-state index in [1.54, 1.807) is 6.07 Å². The molecule has 0 N–H and O–H groups in total. The topological polar surface area (TPSA) is 38.8 Å². The minimum atomic E-state index is -0.294. The predicted octanol–water partition coefficient (Wildman–Crippen LogP) is 2.09. The second-order valence-electron chi connectivity index (χ2n) is 4.67. The normalized spacial score (nSPS) is 23.8. The molecule has 4 heteroatoms. The lowest BCUT2D eigenvalue weighted by Gasteiger charge is -2.37. The number of rotatable bonds is 2. The molecule has 0 amide bonds. The zero-order valence-corrected chi connectivity index (χ0v) is 11.1. The molecule has 0 aromatic heterocycles. The molecule has 1 heterocycles. The summed E-state index contributed by atoms with van der Waals surface area (Å²) in [7, 11) is 1.41. The van der Waals surface area contributed by atoms with Crippen LogP contribution in [0.2, 0.25) is 0 Å². The van der Waals surface area contributed by atoms with E-state index in [2.05, 4.69) is 4.90 Å². The van der Waals surface area contributed by atoms with E-state index >= 15 is 0 Å². The van der Waals surface area contributed by atoms with Gasteiger partial charge in [-0.3, -0.25) is 0 Å². The third-order valence-electron chi connectivity index (χ3n) is 3.07. The summed E-state index contributed by atoms with van der Waals surface area (Å²) in [6, 6.07) is 7.54. The van der Waals surface area contributed by atoms with Crippen LogP contribution in [0.3, 0.4) is 0 Å². The van der Waals surface area contributed by atoms with E-state index in [-0.39, 0.29) is 18.2 Å². The van der Waals surface area contributed by atoms with Gasteiger partial charge in [-0.1, -0.05) is 12.1 Å². The van der Waals surface area contributed by atoms with E-state index in [9.17, 15) is 4.79 Å². The molecular weight excluding hydrogens is 230 g/mol. The number of ether oxygens (including phenoxy) is 2. The van der Waals surface area contributed by atoms with Crippen molar-refractivity contribution in [3.63, 3.8) is 0 Å². The van der Waals surface area contributed by atoms with Gasteiger partial charge in [0, 0.05) is 13.1 Å². The molecule has 98 valence electrons. The van der Waals surface area contributed by atoms with Crippen molar-refractivity contribution >= 4 is 11.7 Å². The number of esters is 1. The van der Waals surface area contributed by atoms with Crippen LogP contribution in [0.5, 0.6) is 0 Å². The fourth-order valence-corrected chi connectivity index (χ4v) is 2.41. The second kappa shape index (κ2) is 5.40. The van der Waals surface area contributed by atoms with Gasteiger partial charge in [0.2, 0.25) is 0 Å². The standard InChI is InChI=1S/C14H19NO3/c1-10-8-15(9-11(2)18-10)13-7-5-4-6-12(13)14(16)17-3/h4-7,10-11H,8-9H2,1-3H3/t10-,11+. The van der Waals surface area contributed by atoms with Crippen LogP contribution in [0.15, 0.2) is 24.3 Å². The lowest BCUT2D eigenvalue weighted by molar-refractivity contribution is -0.00533. The van der Waals surface area contributed by atoms with Crippen LogP contribution in [0.25, 0.3) is 0 Å². The molecule has 1 saturated heterocycles. The van der Waals surface area contributed by atoms with Gasteiger partial charge < -0.3 is 14.4 Å². The molecule has 1 aromatic rings. The molecule has 18 heavy (non-hydrogen) atoms. The molecule has 0 unspecified atom stereocenters. The van der Waals surface area contributed by atoms with E-state index in [0.29, 0.717) is 5.56 Å². The van der Waals surface area contributed by atoms with Gasteiger partial charge in [0.25, 0.3) is 0 Å².